The highest BCUT2D eigenvalue weighted by molar-refractivity contribution is 7.10. The lowest BCUT2D eigenvalue weighted by molar-refractivity contribution is 0.416. The molecule has 0 radical (unpaired) electrons. The lowest BCUT2D eigenvalue weighted by atomic mass is 9.82. The van der Waals surface area contributed by atoms with Gasteiger partial charge in [-0.25, -0.2) is 0 Å². The molecule has 3 rings (SSSR count). The van der Waals surface area contributed by atoms with E-state index in [1.165, 1.54) is 24.1 Å². The first-order valence-electron chi connectivity index (χ1n) is 6.83. The molecule has 19 heavy (non-hydrogen) atoms. The molecule has 1 nitrogen and oxygen atoms in total. The second-order valence-electron chi connectivity index (χ2n) is 4.97. The standard InChI is InChI=1S/C15H18ClNS2/c1-2-17-14(15-12(16)7-9-19-15)11-4-3-5-13-10(11)6-8-18-13/h6-9,11,14,17H,2-5H2,1H3. The summed E-state index contributed by atoms with van der Waals surface area (Å²) in [6.07, 6.45) is 3.80. The molecule has 4 heteroatoms. The molecule has 0 spiro atoms. The van der Waals surface area contributed by atoms with E-state index >= 15 is 0 Å². The Kier molecular flexibility index (Phi) is 4.27. The Morgan fingerprint density at radius 1 is 1.37 bits per heavy atom. The van der Waals surface area contributed by atoms with Gasteiger partial charge in [-0.05, 0) is 54.3 Å². The van der Waals surface area contributed by atoms with Gasteiger partial charge in [0, 0.05) is 21.7 Å². The third kappa shape index (κ3) is 2.62. The van der Waals surface area contributed by atoms with E-state index in [0.717, 1.165) is 11.6 Å². The lowest BCUT2D eigenvalue weighted by Crippen LogP contribution is -2.28. The molecule has 102 valence electrons. The Balaban J connectivity index is 1.96. The Labute approximate surface area is 127 Å². The quantitative estimate of drug-likeness (QED) is 0.815. The highest BCUT2D eigenvalue weighted by Gasteiger charge is 2.31. The smallest absolute Gasteiger partial charge is 0.0561 e. The molecular weight excluding hydrogens is 294 g/mol. The van der Waals surface area contributed by atoms with E-state index in [2.05, 4.69) is 29.1 Å². The van der Waals surface area contributed by atoms with Crippen LogP contribution in [0.5, 0.6) is 0 Å². The fourth-order valence-electron chi connectivity index (χ4n) is 3.03. The summed E-state index contributed by atoms with van der Waals surface area (Å²) in [6, 6.07) is 4.70. The summed E-state index contributed by atoms with van der Waals surface area (Å²) in [6.45, 7) is 3.15. The number of hydrogen-bond acceptors (Lipinski definition) is 3. The minimum absolute atomic E-state index is 0.367. The minimum atomic E-state index is 0.367. The van der Waals surface area contributed by atoms with Crippen molar-refractivity contribution >= 4 is 34.3 Å². The fraction of sp³-hybridized carbons (Fsp3) is 0.467. The molecule has 1 aliphatic rings. The van der Waals surface area contributed by atoms with Crippen LogP contribution in [-0.4, -0.2) is 6.54 Å². The molecule has 2 unspecified atom stereocenters. The molecule has 2 atom stereocenters. The molecule has 0 bridgehead atoms. The zero-order valence-electron chi connectivity index (χ0n) is 11.0. The van der Waals surface area contributed by atoms with Gasteiger partial charge >= 0.3 is 0 Å². The van der Waals surface area contributed by atoms with Crippen molar-refractivity contribution < 1.29 is 0 Å². The normalized spacial score (nSPS) is 20.2. The molecule has 2 aromatic heterocycles. The number of likely N-dealkylation sites (N-methyl/N-ethyl adjacent to an activating group) is 1. The summed E-state index contributed by atoms with van der Waals surface area (Å²) >= 11 is 10.0. The van der Waals surface area contributed by atoms with E-state index in [0.29, 0.717) is 12.0 Å². The van der Waals surface area contributed by atoms with Crippen molar-refractivity contribution in [2.75, 3.05) is 6.54 Å². The lowest BCUT2D eigenvalue weighted by Gasteiger charge is -2.31. The zero-order chi connectivity index (χ0) is 13.2. The highest BCUT2D eigenvalue weighted by atomic mass is 35.5. The molecule has 0 saturated heterocycles. The van der Waals surface area contributed by atoms with Crippen LogP contribution in [0.2, 0.25) is 5.02 Å². The van der Waals surface area contributed by atoms with Crippen molar-refractivity contribution in [2.24, 2.45) is 0 Å². The zero-order valence-corrected chi connectivity index (χ0v) is 13.4. The maximum absolute atomic E-state index is 6.36. The first kappa shape index (κ1) is 13.6. The van der Waals surface area contributed by atoms with Gasteiger partial charge in [0.2, 0.25) is 0 Å². The van der Waals surface area contributed by atoms with E-state index in [-0.39, 0.29) is 0 Å². The molecule has 2 heterocycles. The van der Waals surface area contributed by atoms with Gasteiger partial charge in [0.25, 0.3) is 0 Å². The molecule has 0 fully saturated rings. The second-order valence-corrected chi connectivity index (χ2v) is 7.32. The number of rotatable bonds is 4. The number of thiophene rings is 2. The Hall–Kier alpha value is -0.350. The van der Waals surface area contributed by atoms with E-state index in [1.54, 1.807) is 21.8 Å². The van der Waals surface area contributed by atoms with Crippen molar-refractivity contribution in [1.29, 1.82) is 0 Å². The van der Waals surface area contributed by atoms with E-state index in [9.17, 15) is 0 Å². The summed E-state index contributed by atoms with van der Waals surface area (Å²) < 4.78 is 0. The molecule has 1 N–H and O–H groups in total. The average molecular weight is 312 g/mol. The van der Waals surface area contributed by atoms with Crippen LogP contribution in [0, 0.1) is 0 Å². The molecule has 0 aromatic carbocycles. The Morgan fingerprint density at radius 2 is 2.21 bits per heavy atom. The van der Waals surface area contributed by atoms with Crippen LogP contribution in [0.15, 0.2) is 22.9 Å². The van der Waals surface area contributed by atoms with Gasteiger partial charge in [0.05, 0.1) is 5.02 Å². The van der Waals surface area contributed by atoms with Gasteiger partial charge in [-0.3, -0.25) is 0 Å². The second kappa shape index (κ2) is 5.96. The molecule has 2 aromatic rings. The van der Waals surface area contributed by atoms with Crippen molar-refractivity contribution in [3.05, 3.63) is 43.2 Å². The Bertz CT molecular complexity index is 546. The SMILES string of the molecule is CCNC(c1sccc1Cl)C1CCCc2sccc21. The monoisotopic (exact) mass is 311 g/mol. The van der Waals surface area contributed by atoms with E-state index in [4.69, 9.17) is 11.6 Å². The fourth-order valence-corrected chi connectivity index (χ4v) is 5.34. The summed E-state index contributed by atoms with van der Waals surface area (Å²) in [7, 11) is 0. The molecule has 0 saturated carbocycles. The maximum atomic E-state index is 6.36. The molecule has 1 aliphatic carbocycles. The predicted octanol–water partition coefficient (Wildman–Crippen LogP) is 5.23. The maximum Gasteiger partial charge on any atom is 0.0561 e. The molecule has 0 aliphatic heterocycles. The highest BCUT2D eigenvalue weighted by Crippen LogP contribution is 2.45. The Morgan fingerprint density at radius 3 is 2.95 bits per heavy atom. The van der Waals surface area contributed by atoms with Crippen molar-refractivity contribution in [2.45, 2.75) is 38.1 Å². The number of aryl methyl sites for hydroxylation is 1. The summed E-state index contributed by atoms with van der Waals surface area (Å²) in [5.41, 5.74) is 1.55. The van der Waals surface area contributed by atoms with Crippen LogP contribution >= 0.6 is 34.3 Å². The van der Waals surface area contributed by atoms with Gasteiger partial charge in [0.15, 0.2) is 0 Å². The first-order chi connectivity index (χ1) is 9.31. The van der Waals surface area contributed by atoms with Crippen LogP contribution in [0.3, 0.4) is 0 Å². The van der Waals surface area contributed by atoms with Gasteiger partial charge in [-0.1, -0.05) is 18.5 Å². The van der Waals surface area contributed by atoms with Gasteiger partial charge in [0.1, 0.15) is 0 Å². The summed E-state index contributed by atoms with van der Waals surface area (Å²) in [5.74, 6) is 0.575. The summed E-state index contributed by atoms with van der Waals surface area (Å²) in [4.78, 5) is 2.87. The number of nitrogens with one attached hydrogen (secondary N) is 1. The average Bonchev–Trinajstić information content (AvgIpc) is 3.04. The van der Waals surface area contributed by atoms with Crippen molar-refractivity contribution in [3.63, 3.8) is 0 Å². The third-order valence-corrected chi connectivity index (χ3v) is 6.29. The van der Waals surface area contributed by atoms with Crippen LogP contribution in [0.4, 0.5) is 0 Å². The van der Waals surface area contributed by atoms with Crippen LogP contribution in [-0.2, 0) is 6.42 Å². The number of fused-ring (bicyclic) bond motifs is 1. The van der Waals surface area contributed by atoms with Crippen LogP contribution in [0.1, 0.15) is 47.0 Å². The van der Waals surface area contributed by atoms with Crippen LogP contribution in [0.25, 0.3) is 0 Å². The van der Waals surface area contributed by atoms with E-state index < -0.39 is 0 Å². The summed E-state index contributed by atoms with van der Waals surface area (Å²) in [5, 5.41) is 8.91. The first-order valence-corrected chi connectivity index (χ1v) is 8.97. The van der Waals surface area contributed by atoms with Crippen molar-refractivity contribution in [1.82, 2.24) is 5.32 Å². The largest absolute Gasteiger partial charge is 0.309 e. The molecule has 0 amide bonds. The van der Waals surface area contributed by atoms with Gasteiger partial charge in [-0.15, -0.1) is 22.7 Å². The van der Waals surface area contributed by atoms with Gasteiger partial charge < -0.3 is 5.32 Å². The van der Waals surface area contributed by atoms with Crippen LogP contribution < -0.4 is 5.32 Å². The third-order valence-electron chi connectivity index (χ3n) is 3.85. The molecular formula is C15H18ClNS2. The minimum Gasteiger partial charge on any atom is -0.309 e. The van der Waals surface area contributed by atoms with Crippen molar-refractivity contribution in [3.8, 4) is 0 Å². The predicted molar refractivity (Wildman–Crippen MR) is 85.7 cm³/mol. The van der Waals surface area contributed by atoms with Gasteiger partial charge in [-0.2, -0.15) is 0 Å². The van der Waals surface area contributed by atoms with E-state index in [1.807, 2.05) is 17.4 Å². The topological polar surface area (TPSA) is 12.0 Å². The number of halogens is 1. The number of hydrogen-bond donors (Lipinski definition) is 1.